The molecule has 1 aliphatic rings. The molecule has 0 saturated carbocycles. The first kappa shape index (κ1) is 21.8. The quantitative estimate of drug-likeness (QED) is 0.313. The van der Waals surface area contributed by atoms with E-state index in [2.05, 4.69) is 4.99 Å². The Kier molecular flexibility index (Phi) is 6.10. The minimum Gasteiger partial charge on any atom is -0.486 e. The summed E-state index contributed by atoms with van der Waals surface area (Å²) < 4.78 is 18.4. The van der Waals surface area contributed by atoms with E-state index in [1.54, 1.807) is 16.7 Å². The molecule has 10 nitrogen and oxygen atoms in total. The lowest BCUT2D eigenvalue weighted by Crippen LogP contribution is -2.20. The molecule has 3 aromatic rings. The minimum atomic E-state index is -0.824. The van der Waals surface area contributed by atoms with Gasteiger partial charge in [0.15, 0.2) is 16.3 Å². The lowest BCUT2D eigenvalue weighted by molar-refractivity contribution is -0.385. The average molecular weight is 478 g/mol. The molecule has 2 aromatic carbocycles. The fourth-order valence-corrected chi connectivity index (χ4v) is 4.44. The van der Waals surface area contributed by atoms with E-state index < -0.39 is 22.5 Å². The smallest absolute Gasteiger partial charge is 0.307 e. The second kappa shape index (κ2) is 8.97. The van der Waals surface area contributed by atoms with Crippen molar-refractivity contribution in [3.05, 3.63) is 55.8 Å². The van der Waals surface area contributed by atoms with Gasteiger partial charge in [0.05, 0.1) is 28.7 Å². The zero-order valence-electron chi connectivity index (χ0n) is 16.7. The lowest BCUT2D eigenvalue weighted by atomic mass is 10.2. The molecule has 0 aliphatic carbocycles. The molecule has 0 saturated heterocycles. The first-order valence-electron chi connectivity index (χ1n) is 9.40. The van der Waals surface area contributed by atoms with Crippen molar-refractivity contribution in [2.75, 3.05) is 20.3 Å². The van der Waals surface area contributed by atoms with Crippen molar-refractivity contribution in [1.29, 1.82) is 0 Å². The van der Waals surface area contributed by atoms with Crippen molar-refractivity contribution in [3.8, 4) is 11.5 Å². The highest BCUT2D eigenvalue weighted by Gasteiger charge is 2.22. The maximum Gasteiger partial charge on any atom is 0.307 e. The Labute approximate surface area is 189 Å². The van der Waals surface area contributed by atoms with Crippen LogP contribution in [0, 0.1) is 10.1 Å². The summed E-state index contributed by atoms with van der Waals surface area (Å²) in [5.74, 6) is -0.155. The van der Waals surface area contributed by atoms with E-state index in [4.69, 9.17) is 25.8 Å². The Bertz CT molecular complexity index is 1310. The molecule has 0 radical (unpaired) electrons. The molecule has 0 fully saturated rings. The number of halogens is 1. The van der Waals surface area contributed by atoms with Crippen LogP contribution in [0.1, 0.15) is 16.8 Å². The van der Waals surface area contributed by atoms with Crippen LogP contribution in [0.5, 0.6) is 11.5 Å². The number of nitro groups is 1. The summed E-state index contributed by atoms with van der Waals surface area (Å²) in [6, 6.07) is 7.22. The molecular formula is C20H16ClN3O7S. The van der Waals surface area contributed by atoms with Gasteiger partial charge in [-0.3, -0.25) is 19.7 Å². The largest absolute Gasteiger partial charge is 0.486 e. The van der Waals surface area contributed by atoms with Crippen molar-refractivity contribution in [1.82, 2.24) is 4.57 Å². The molecule has 0 spiro atoms. The Hall–Kier alpha value is -3.44. The predicted octanol–water partition coefficient (Wildman–Crippen LogP) is 3.34. The van der Waals surface area contributed by atoms with Gasteiger partial charge in [-0.25, -0.2) is 0 Å². The van der Waals surface area contributed by atoms with Gasteiger partial charge >= 0.3 is 5.97 Å². The topological polar surface area (TPSA) is 122 Å². The number of aromatic nitrogens is 1. The van der Waals surface area contributed by atoms with Crippen LogP contribution in [0.3, 0.4) is 0 Å². The third kappa shape index (κ3) is 4.30. The lowest BCUT2D eigenvalue weighted by Gasteiger charge is -2.18. The molecule has 12 heteroatoms. The standard InChI is InChI=1S/C20H16ClN3O7S/c1-29-18(25)4-5-23-14-9-15-16(31-7-6-30-15)10-17(14)32-20(23)22-19(26)12-8-11(21)2-3-13(12)24(27)28/h2-3,8-10H,4-7H2,1H3. The van der Waals surface area contributed by atoms with Gasteiger partial charge in [0.2, 0.25) is 0 Å². The van der Waals surface area contributed by atoms with Crippen LogP contribution in [0.25, 0.3) is 10.2 Å². The molecule has 0 bridgehead atoms. The van der Waals surface area contributed by atoms with Crippen LogP contribution in [-0.4, -0.2) is 41.7 Å². The number of esters is 1. The number of ether oxygens (including phenoxy) is 3. The number of carbonyl (C=O) groups is 2. The number of hydrogen-bond acceptors (Lipinski definition) is 8. The summed E-state index contributed by atoms with van der Waals surface area (Å²) in [6.07, 6.45) is 0.0372. The van der Waals surface area contributed by atoms with E-state index in [1.165, 1.54) is 30.6 Å². The van der Waals surface area contributed by atoms with Gasteiger partial charge in [0.1, 0.15) is 18.8 Å². The Balaban J connectivity index is 1.86. The SMILES string of the molecule is COC(=O)CCn1c(=NC(=O)c2cc(Cl)ccc2[N+](=O)[O-])sc2cc3c(cc21)OCCO3. The third-order valence-electron chi connectivity index (χ3n) is 4.70. The molecule has 1 amide bonds. The maximum atomic E-state index is 12.9. The number of thiazole rings is 1. The van der Waals surface area contributed by atoms with Gasteiger partial charge in [-0.15, -0.1) is 0 Å². The van der Waals surface area contributed by atoms with Gasteiger partial charge in [-0.05, 0) is 12.1 Å². The van der Waals surface area contributed by atoms with Crippen LogP contribution in [0.4, 0.5) is 5.69 Å². The number of benzene rings is 2. The van der Waals surface area contributed by atoms with Crippen LogP contribution < -0.4 is 14.3 Å². The summed E-state index contributed by atoms with van der Waals surface area (Å²) >= 11 is 7.12. The number of aryl methyl sites for hydroxylation is 1. The Morgan fingerprint density at radius 1 is 1.25 bits per heavy atom. The average Bonchev–Trinajstić information content (AvgIpc) is 3.11. The monoisotopic (exact) mass is 477 g/mol. The number of nitrogens with zero attached hydrogens (tertiary/aromatic N) is 3. The highest BCUT2D eigenvalue weighted by molar-refractivity contribution is 7.16. The maximum absolute atomic E-state index is 12.9. The second-order valence-corrected chi connectivity index (χ2v) is 8.11. The van der Waals surface area contributed by atoms with Crippen molar-refractivity contribution in [2.45, 2.75) is 13.0 Å². The van der Waals surface area contributed by atoms with E-state index in [0.29, 0.717) is 30.2 Å². The molecular weight excluding hydrogens is 462 g/mol. The molecule has 1 aromatic heterocycles. The molecule has 0 N–H and O–H groups in total. The van der Waals surface area contributed by atoms with E-state index >= 15 is 0 Å². The van der Waals surface area contributed by atoms with Crippen LogP contribution in [0.15, 0.2) is 35.3 Å². The zero-order chi connectivity index (χ0) is 22.8. The van der Waals surface area contributed by atoms with Gasteiger partial charge < -0.3 is 18.8 Å². The van der Waals surface area contributed by atoms with E-state index in [0.717, 1.165) is 10.8 Å². The number of methoxy groups -OCH3 is 1. The molecule has 0 unspecified atom stereocenters. The van der Waals surface area contributed by atoms with Gasteiger partial charge in [-0.1, -0.05) is 22.9 Å². The number of fused-ring (bicyclic) bond motifs is 2. The molecule has 32 heavy (non-hydrogen) atoms. The van der Waals surface area contributed by atoms with E-state index in [-0.39, 0.29) is 28.4 Å². The van der Waals surface area contributed by atoms with E-state index in [9.17, 15) is 19.7 Å². The Morgan fingerprint density at radius 3 is 2.66 bits per heavy atom. The molecule has 166 valence electrons. The van der Waals surface area contributed by atoms with E-state index in [1.807, 2.05) is 0 Å². The number of nitro benzene ring substituents is 1. The summed E-state index contributed by atoms with van der Waals surface area (Å²) in [5, 5.41) is 11.5. The highest BCUT2D eigenvalue weighted by atomic mass is 35.5. The molecule has 1 aliphatic heterocycles. The van der Waals surface area contributed by atoms with Crippen LogP contribution in [-0.2, 0) is 16.1 Å². The summed E-state index contributed by atoms with van der Waals surface area (Å²) in [7, 11) is 1.29. The number of amides is 1. The van der Waals surface area contributed by atoms with Crippen molar-refractivity contribution in [3.63, 3.8) is 0 Å². The van der Waals surface area contributed by atoms with Crippen molar-refractivity contribution in [2.24, 2.45) is 4.99 Å². The van der Waals surface area contributed by atoms with Crippen molar-refractivity contribution >= 4 is 50.7 Å². The van der Waals surface area contributed by atoms with Crippen LogP contribution >= 0.6 is 22.9 Å². The van der Waals surface area contributed by atoms with Gasteiger partial charge in [0, 0.05) is 29.8 Å². The van der Waals surface area contributed by atoms with Crippen molar-refractivity contribution < 1.29 is 28.7 Å². The summed E-state index contributed by atoms with van der Waals surface area (Å²) in [6.45, 7) is 0.995. The van der Waals surface area contributed by atoms with Crippen LogP contribution in [0.2, 0.25) is 5.02 Å². The molecule has 2 heterocycles. The molecule has 4 rings (SSSR count). The van der Waals surface area contributed by atoms with Gasteiger partial charge in [-0.2, -0.15) is 4.99 Å². The number of hydrogen-bond donors (Lipinski definition) is 0. The normalized spacial score (nSPS) is 13.2. The first-order chi connectivity index (χ1) is 15.4. The fourth-order valence-electron chi connectivity index (χ4n) is 3.20. The predicted molar refractivity (Wildman–Crippen MR) is 115 cm³/mol. The first-order valence-corrected chi connectivity index (χ1v) is 10.6. The summed E-state index contributed by atoms with van der Waals surface area (Å²) in [5.41, 5.74) is 0.0448. The number of carbonyl (C=O) groups excluding carboxylic acids is 2. The highest BCUT2D eigenvalue weighted by Crippen LogP contribution is 2.35. The van der Waals surface area contributed by atoms with Gasteiger partial charge in [0.25, 0.3) is 11.6 Å². The fraction of sp³-hybridized carbons (Fsp3) is 0.250. The zero-order valence-corrected chi connectivity index (χ0v) is 18.3. The second-order valence-electron chi connectivity index (χ2n) is 6.66. The summed E-state index contributed by atoms with van der Waals surface area (Å²) in [4.78, 5) is 39.7. The Morgan fingerprint density at radius 2 is 1.97 bits per heavy atom. The minimum absolute atomic E-state index is 0.0372. The molecule has 0 atom stereocenters. The number of rotatable bonds is 5. The third-order valence-corrected chi connectivity index (χ3v) is 5.97.